The number of benzene rings is 2. The van der Waals surface area contributed by atoms with E-state index in [4.69, 9.17) is 9.47 Å². The van der Waals surface area contributed by atoms with Crippen LogP contribution in [-0.4, -0.2) is 24.5 Å². The number of hydrogen-bond donors (Lipinski definition) is 0. The van der Waals surface area contributed by atoms with Gasteiger partial charge in [0.15, 0.2) is 23.6 Å². The zero-order valence-corrected chi connectivity index (χ0v) is 14.1. The molecule has 0 aliphatic rings. The third-order valence-corrected chi connectivity index (χ3v) is 3.84. The Hall–Kier alpha value is -2.95. The average Bonchev–Trinajstić information content (AvgIpc) is 2.65. The molecular weight excluding hydrogens is 321 g/mol. The molecular formula is C20H18FNO3. The van der Waals surface area contributed by atoms with Crippen LogP contribution in [0.25, 0.3) is 22.0 Å². The topological polar surface area (TPSA) is 48.4 Å². The van der Waals surface area contributed by atoms with E-state index in [0.29, 0.717) is 18.6 Å². The first-order chi connectivity index (χ1) is 12.2. The van der Waals surface area contributed by atoms with Crippen molar-refractivity contribution in [3.63, 3.8) is 0 Å². The molecule has 5 heteroatoms. The normalized spacial score (nSPS) is 10.7. The molecule has 0 amide bonds. The molecule has 0 fully saturated rings. The fourth-order valence-electron chi connectivity index (χ4n) is 2.80. The Morgan fingerprint density at radius 1 is 1.08 bits per heavy atom. The van der Waals surface area contributed by atoms with Gasteiger partial charge in [0.25, 0.3) is 0 Å². The van der Waals surface area contributed by atoms with E-state index >= 15 is 4.39 Å². The van der Waals surface area contributed by atoms with Crippen LogP contribution >= 0.6 is 0 Å². The Morgan fingerprint density at radius 3 is 2.52 bits per heavy atom. The Morgan fingerprint density at radius 2 is 1.80 bits per heavy atom. The van der Waals surface area contributed by atoms with E-state index in [1.165, 1.54) is 6.07 Å². The first-order valence-electron chi connectivity index (χ1n) is 8.12. The number of carbonyl (C=O) groups is 1. The first kappa shape index (κ1) is 16.9. The number of carbonyl (C=O) groups excluding carboxylic acids is 1. The number of aromatic nitrogens is 1. The van der Waals surface area contributed by atoms with Gasteiger partial charge in [0.1, 0.15) is 0 Å². The highest BCUT2D eigenvalue weighted by Gasteiger charge is 2.23. The molecule has 1 aromatic heterocycles. The zero-order chi connectivity index (χ0) is 17.8. The molecule has 0 radical (unpaired) electrons. The van der Waals surface area contributed by atoms with Crippen molar-refractivity contribution in [1.82, 2.24) is 4.98 Å². The van der Waals surface area contributed by atoms with E-state index in [9.17, 15) is 4.79 Å². The number of hydrogen-bond acceptors (Lipinski definition) is 4. The maximum Gasteiger partial charge on any atom is 0.198 e. The van der Waals surface area contributed by atoms with Gasteiger partial charge in [-0.25, -0.2) is 4.39 Å². The Kier molecular flexibility index (Phi) is 4.93. The minimum absolute atomic E-state index is 0.0568. The second-order valence-electron chi connectivity index (χ2n) is 5.35. The van der Waals surface area contributed by atoms with E-state index in [2.05, 4.69) is 4.98 Å². The number of aldehydes is 1. The first-order valence-corrected chi connectivity index (χ1v) is 8.12. The Labute approximate surface area is 145 Å². The van der Waals surface area contributed by atoms with E-state index < -0.39 is 5.82 Å². The van der Waals surface area contributed by atoms with E-state index in [1.807, 2.05) is 30.3 Å². The standard InChI is InChI=1S/C20H18FNO3/c1-3-24-19-14(12-23)11-16(17(21)20(19)25-4-2)18-15-8-6-5-7-13(15)9-10-22-18/h5-12H,3-4H2,1-2H3. The van der Waals surface area contributed by atoms with Crippen LogP contribution in [0.5, 0.6) is 11.5 Å². The largest absolute Gasteiger partial charge is 0.489 e. The van der Waals surface area contributed by atoms with Crippen LogP contribution in [0.4, 0.5) is 4.39 Å². The highest BCUT2D eigenvalue weighted by atomic mass is 19.1. The summed E-state index contributed by atoms with van der Waals surface area (Å²) in [6.07, 6.45) is 2.26. The van der Waals surface area contributed by atoms with Crippen LogP contribution in [0.3, 0.4) is 0 Å². The Bertz CT molecular complexity index is 919. The molecule has 0 saturated heterocycles. The molecule has 0 bridgehead atoms. The molecule has 0 aliphatic heterocycles. The maximum absolute atomic E-state index is 15.2. The molecule has 0 atom stereocenters. The van der Waals surface area contributed by atoms with Crippen molar-refractivity contribution in [2.45, 2.75) is 13.8 Å². The molecule has 0 unspecified atom stereocenters. The van der Waals surface area contributed by atoms with Crippen molar-refractivity contribution in [2.24, 2.45) is 0 Å². The number of rotatable bonds is 6. The molecule has 25 heavy (non-hydrogen) atoms. The summed E-state index contributed by atoms with van der Waals surface area (Å²) in [6, 6.07) is 10.9. The molecule has 3 rings (SSSR count). The lowest BCUT2D eigenvalue weighted by molar-refractivity contribution is 0.111. The molecule has 4 nitrogen and oxygen atoms in total. The molecule has 128 valence electrons. The highest BCUT2D eigenvalue weighted by molar-refractivity contribution is 5.96. The van der Waals surface area contributed by atoms with Crippen LogP contribution in [0.1, 0.15) is 24.2 Å². The summed E-state index contributed by atoms with van der Waals surface area (Å²) in [5.41, 5.74) is 0.907. The lowest BCUT2D eigenvalue weighted by Gasteiger charge is -2.16. The van der Waals surface area contributed by atoms with E-state index in [1.54, 1.807) is 20.0 Å². The summed E-state index contributed by atoms with van der Waals surface area (Å²) >= 11 is 0. The van der Waals surface area contributed by atoms with Crippen LogP contribution in [-0.2, 0) is 0 Å². The van der Waals surface area contributed by atoms with Gasteiger partial charge >= 0.3 is 0 Å². The van der Waals surface area contributed by atoms with Crippen LogP contribution in [0.2, 0.25) is 0 Å². The zero-order valence-electron chi connectivity index (χ0n) is 14.1. The minimum Gasteiger partial charge on any atom is -0.489 e. The third-order valence-electron chi connectivity index (χ3n) is 3.84. The summed E-state index contributed by atoms with van der Waals surface area (Å²) in [6.45, 7) is 4.06. The SMILES string of the molecule is CCOc1c(C=O)cc(-c2nccc3ccccc23)c(F)c1OCC. The van der Waals surface area contributed by atoms with Gasteiger partial charge in [0.2, 0.25) is 0 Å². The van der Waals surface area contributed by atoms with Crippen LogP contribution in [0.15, 0.2) is 42.6 Å². The summed E-state index contributed by atoms with van der Waals surface area (Å²) in [4.78, 5) is 15.9. The van der Waals surface area contributed by atoms with Crippen LogP contribution in [0, 0.1) is 5.82 Å². The van der Waals surface area contributed by atoms with Gasteiger partial charge in [-0.05, 0) is 31.4 Å². The molecule has 0 N–H and O–H groups in total. The van der Waals surface area contributed by atoms with Gasteiger partial charge in [-0.15, -0.1) is 0 Å². The van der Waals surface area contributed by atoms with Gasteiger partial charge in [-0.3, -0.25) is 9.78 Å². The second-order valence-corrected chi connectivity index (χ2v) is 5.35. The maximum atomic E-state index is 15.2. The number of nitrogens with zero attached hydrogens (tertiary/aromatic N) is 1. The summed E-state index contributed by atoms with van der Waals surface area (Å²) in [5, 5.41) is 1.73. The number of fused-ring (bicyclic) bond motifs is 1. The Balaban J connectivity index is 2.32. The van der Waals surface area contributed by atoms with Gasteiger partial charge in [-0.1, -0.05) is 24.3 Å². The van der Waals surface area contributed by atoms with Crippen molar-refractivity contribution in [2.75, 3.05) is 13.2 Å². The smallest absolute Gasteiger partial charge is 0.198 e. The second kappa shape index (κ2) is 7.30. The van der Waals surface area contributed by atoms with Gasteiger partial charge < -0.3 is 9.47 Å². The predicted molar refractivity (Wildman–Crippen MR) is 94.9 cm³/mol. The monoisotopic (exact) mass is 339 g/mol. The number of ether oxygens (including phenoxy) is 2. The highest BCUT2D eigenvalue weighted by Crippen LogP contribution is 2.40. The lowest BCUT2D eigenvalue weighted by Crippen LogP contribution is -2.05. The molecule has 3 aromatic rings. The van der Waals surface area contributed by atoms with Crippen molar-refractivity contribution >= 4 is 17.1 Å². The number of halogens is 1. The summed E-state index contributed by atoms with van der Waals surface area (Å²) < 4.78 is 26.1. The average molecular weight is 339 g/mol. The van der Waals surface area contributed by atoms with Crippen molar-refractivity contribution in [3.8, 4) is 22.8 Å². The predicted octanol–water partition coefficient (Wildman–Crippen LogP) is 4.65. The molecule has 0 aliphatic carbocycles. The van der Waals surface area contributed by atoms with Crippen molar-refractivity contribution < 1.29 is 18.7 Å². The summed E-state index contributed by atoms with van der Waals surface area (Å²) in [5.74, 6) is -0.515. The van der Waals surface area contributed by atoms with Crippen molar-refractivity contribution in [3.05, 3.63) is 54.0 Å². The van der Waals surface area contributed by atoms with Gasteiger partial charge in [-0.2, -0.15) is 0 Å². The molecule has 2 aromatic carbocycles. The van der Waals surface area contributed by atoms with Gasteiger partial charge in [0, 0.05) is 17.1 Å². The fraction of sp³-hybridized carbons (Fsp3) is 0.200. The number of pyridine rings is 1. The minimum atomic E-state index is -0.584. The van der Waals surface area contributed by atoms with E-state index in [-0.39, 0.29) is 29.2 Å². The van der Waals surface area contributed by atoms with Crippen molar-refractivity contribution in [1.29, 1.82) is 0 Å². The third kappa shape index (κ3) is 3.05. The molecule has 0 spiro atoms. The molecule has 0 saturated carbocycles. The quantitative estimate of drug-likeness (QED) is 0.613. The van der Waals surface area contributed by atoms with Crippen LogP contribution < -0.4 is 9.47 Å². The molecule has 1 heterocycles. The van der Waals surface area contributed by atoms with Gasteiger partial charge in [0.05, 0.1) is 24.5 Å². The fourth-order valence-corrected chi connectivity index (χ4v) is 2.80. The van der Waals surface area contributed by atoms with E-state index in [0.717, 1.165) is 10.8 Å². The lowest BCUT2D eigenvalue weighted by atomic mass is 10.0. The summed E-state index contributed by atoms with van der Waals surface area (Å²) in [7, 11) is 0.